The number of rotatable bonds is 6. The highest BCUT2D eigenvalue weighted by molar-refractivity contribution is 5.94. The molecule has 148 valence electrons. The molecule has 1 aromatic heterocycles. The summed E-state index contributed by atoms with van der Waals surface area (Å²) >= 11 is 0. The number of aromatic nitrogens is 2. The van der Waals surface area contributed by atoms with Gasteiger partial charge in [0, 0.05) is 39.7 Å². The third kappa shape index (κ3) is 3.48. The van der Waals surface area contributed by atoms with E-state index in [2.05, 4.69) is 15.6 Å². The van der Waals surface area contributed by atoms with Gasteiger partial charge in [0.05, 0.1) is 17.9 Å². The molecule has 1 fully saturated rings. The van der Waals surface area contributed by atoms with E-state index in [9.17, 15) is 9.59 Å². The van der Waals surface area contributed by atoms with Gasteiger partial charge in [-0.25, -0.2) is 15.1 Å². The van der Waals surface area contributed by atoms with Crippen molar-refractivity contribution in [2.75, 3.05) is 27.2 Å². The first-order chi connectivity index (χ1) is 13.0. The number of fused-ring (bicyclic) bond motifs is 4. The zero-order valence-corrected chi connectivity index (χ0v) is 16.0. The third-order valence-corrected chi connectivity index (χ3v) is 5.18. The molecule has 0 aliphatic carbocycles. The number of urea groups is 1. The van der Waals surface area contributed by atoms with Crippen molar-refractivity contribution in [3.63, 3.8) is 0 Å². The monoisotopic (exact) mass is 377 g/mol. The van der Waals surface area contributed by atoms with Gasteiger partial charge in [0.15, 0.2) is 5.84 Å². The van der Waals surface area contributed by atoms with Crippen LogP contribution < -0.4 is 11.2 Å². The lowest BCUT2D eigenvalue weighted by Crippen LogP contribution is -2.44. The van der Waals surface area contributed by atoms with Gasteiger partial charge in [-0.15, -0.1) is 0 Å². The van der Waals surface area contributed by atoms with Crippen molar-refractivity contribution in [2.45, 2.75) is 37.8 Å². The van der Waals surface area contributed by atoms with Gasteiger partial charge in [0.2, 0.25) is 0 Å². The number of hydrogen-bond donors (Lipinski definition) is 2. The Bertz CT molecular complexity index is 745. The van der Waals surface area contributed by atoms with Gasteiger partial charge in [-0.3, -0.25) is 9.67 Å². The first-order valence-corrected chi connectivity index (χ1v) is 9.17. The lowest BCUT2D eigenvalue weighted by atomic mass is 9.97. The summed E-state index contributed by atoms with van der Waals surface area (Å²) < 4.78 is 1.74. The molecule has 3 rings (SSSR count). The van der Waals surface area contributed by atoms with Crippen LogP contribution in [0, 0.1) is 0 Å². The summed E-state index contributed by atoms with van der Waals surface area (Å²) in [5.41, 5.74) is 9.99. The van der Waals surface area contributed by atoms with Crippen LogP contribution in [0.1, 0.15) is 49.0 Å². The van der Waals surface area contributed by atoms with E-state index < -0.39 is 6.04 Å². The molecule has 0 unspecified atom stereocenters. The molecule has 2 atom stereocenters. The number of amidine groups is 1. The number of likely N-dealkylation sites (N-methyl/N-ethyl adjacent to an activating group) is 1. The topological polar surface area (TPSA) is 118 Å². The van der Waals surface area contributed by atoms with Gasteiger partial charge in [-0.1, -0.05) is 6.42 Å². The lowest BCUT2D eigenvalue weighted by Gasteiger charge is -2.32. The number of unbranched alkanes of at least 4 members (excludes halogenated alkanes) is 2. The molecular formula is C17H27N7O3. The molecule has 10 heteroatoms. The minimum Gasteiger partial charge on any atom is -0.342 e. The fraction of sp³-hybridized carbons (Fsp3) is 0.647. The van der Waals surface area contributed by atoms with Crippen LogP contribution in [0.2, 0.25) is 0 Å². The number of hydroxylamine groups is 1. The van der Waals surface area contributed by atoms with Crippen molar-refractivity contribution < 1.29 is 14.4 Å². The molecule has 3 N–H and O–H groups in total. The Morgan fingerprint density at radius 2 is 2.19 bits per heavy atom. The van der Waals surface area contributed by atoms with Gasteiger partial charge >= 0.3 is 12.0 Å². The van der Waals surface area contributed by atoms with Crippen molar-refractivity contribution in [1.29, 1.82) is 0 Å². The molecule has 3 heterocycles. The second-order valence-electron chi connectivity index (χ2n) is 6.86. The fourth-order valence-electron chi connectivity index (χ4n) is 3.70. The van der Waals surface area contributed by atoms with E-state index in [0.717, 1.165) is 30.5 Å². The van der Waals surface area contributed by atoms with Crippen molar-refractivity contribution in [3.8, 4) is 0 Å². The van der Waals surface area contributed by atoms with Crippen LogP contribution in [-0.2, 0) is 16.7 Å². The predicted molar refractivity (Wildman–Crippen MR) is 98.7 cm³/mol. The summed E-state index contributed by atoms with van der Waals surface area (Å²) in [6.07, 6.45) is 4.59. The Balaban J connectivity index is 1.73. The number of nitrogens with zero attached hydrogens (tertiary/aromatic N) is 5. The van der Waals surface area contributed by atoms with Crippen molar-refractivity contribution in [3.05, 3.63) is 17.5 Å². The molecule has 27 heavy (non-hydrogen) atoms. The van der Waals surface area contributed by atoms with Crippen LogP contribution >= 0.6 is 0 Å². The zero-order chi connectivity index (χ0) is 19.6. The highest BCUT2D eigenvalue weighted by atomic mass is 16.7. The molecule has 2 aliphatic rings. The highest BCUT2D eigenvalue weighted by Crippen LogP contribution is 2.42. The molecular weight excluding hydrogens is 350 g/mol. The normalized spacial score (nSPS) is 21.5. The second kappa shape index (κ2) is 7.95. The van der Waals surface area contributed by atoms with E-state index in [-0.39, 0.29) is 18.0 Å². The fourth-order valence-corrected chi connectivity index (χ4v) is 3.70. The summed E-state index contributed by atoms with van der Waals surface area (Å²) in [6.45, 7) is 1.17. The number of amides is 2. The largest absolute Gasteiger partial charge is 0.342 e. The van der Waals surface area contributed by atoms with Gasteiger partial charge in [-0.2, -0.15) is 5.10 Å². The maximum atomic E-state index is 12.7. The van der Waals surface area contributed by atoms with Crippen LogP contribution in [-0.4, -0.2) is 64.6 Å². The van der Waals surface area contributed by atoms with Gasteiger partial charge < -0.3 is 20.4 Å². The molecule has 0 radical (unpaired) electrons. The average Bonchev–Trinajstić information content (AvgIpc) is 3.16. The highest BCUT2D eigenvalue weighted by Gasteiger charge is 2.49. The molecule has 0 spiro atoms. The maximum absolute atomic E-state index is 12.7. The first-order valence-electron chi connectivity index (χ1n) is 9.17. The van der Waals surface area contributed by atoms with Gasteiger partial charge in [-0.05, 0) is 19.4 Å². The smallest absolute Gasteiger partial charge is 0.332 e. The zero-order valence-electron chi connectivity index (χ0n) is 16.0. The Kier molecular flexibility index (Phi) is 5.64. The number of carbonyl (C=O) groups is 2. The number of aryl methyl sites for hydroxylation is 1. The molecule has 1 saturated heterocycles. The van der Waals surface area contributed by atoms with Crippen molar-refractivity contribution in [2.24, 2.45) is 17.8 Å². The molecule has 2 aliphatic heterocycles. The van der Waals surface area contributed by atoms with Crippen LogP contribution in [0.4, 0.5) is 4.79 Å². The molecule has 2 bridgehead atoms. The van der Waals surface area contributed by atoms with E-state index in [1.165, 1.54) is 0 Å². The van der Waals surface area contributed by atoms with Crippen LogP contribution in [0.25, 0.3) is 0 Å². The number of aliphatic imine (C=N–C) groups is 1. The van der Waals surface area contributed by atoms with E-state index in [1.807, 2.05) is 7.05 Å². The summed E-state index contributed by atoms with van der Waals surface area (Å²) in [5.74, 6) is 0.0363. The summed E-state index contributed by atoms with van der Waals surface area (Å²) in [5, 5.41) is 4.35. The Morgan fingerprint density at radius 3 is 2.89 bits per heavy atom. The number of carbonyl (C=O) groups excluding carboxylic acids is 2. The van der Waals surface area contributed by atoms with E-state index in [0.29, 0.717) is 25.3 Å². The van der Waals surface area contributed by atoms with Gasteiger partial charge in [0.25, 0.3) is 0 Å². The second-order valence-corrected chi connectivity index (χ2v) is 6.86. The summed E-state index contributed by atoms with van der Waals surface area (Å²) in [6, 6.07) is -0.589. The Labute approximate surface area is 158 Å². The molecule has 0 aromatic carbocycles. The van der Waals surface area contributed by atoms with Crippen molar-refractivity contribution >= 4 is 17.8 Å². The quantitative estimate of drug-likeness (QED) is 0.322. The van der Waals surface area contributed by atoms with Crippen molar-refractivity contribution in [1.82, 2.24) is 25.1 Å². The predicted octanol–water partition coefficient (Wildman–Crippen LogP) is 0.479. The lowest BCUT2D eigenvalue weighted by molar-refractivity contribution is -0.148. The molecule has 10 nitrogen and oxygen atoms in total. The first kappa shape index (κ1) is 19.2. The molecule has 0 saturated carbocycles. The van der Waals surface area contributed by atoms with Crippen LogP contribution in [0.5, 0.6) is 0 Å². The maximum Gasteiger partial charge on any atom is 0.332 e. The number of nitrogens with two attached hydrogens (primary N) is 1. The average molecular weight is 377 g/mol. The Hall–Kier alpha value is -2.62. The minimum absolute atomic E-state index is 0.0272. The van der Waals surface area contributed by atoms with E-state index in [4.69, 9.17) is 10.6 Å². The molecule has 2 amide bonds. The standard InChI is InChI=1S/C17H27N7O3/c1-19-16(21-27-13(25)7-5-4-6-8-18)15-14-11(9-20-23(14)3)12-10-24(15)17(26)22(12)2/h9,12,15H,4-8,10,18H2,1-3H3,(H,19,21)/t12-,15-/m0/s1. The Morgan fingerprint density at radius 1 is 1.41 bits per heavy atom. The number of hydrogen-bond acceptors (Lipinski definition) is 6. The van der Waals surface area contributed by atoms with Gasteiger partial charge in [0.1, 0.15) is 6.04 Å². The van der Waals surface area contributed by atoms with Crippen LogP contribution in [0.15, 0.2) is 11.2 Å². The van der Waals surface area contributed by atoms with Crippen LogP contribution in [0.3, 0.4) is 0 Å². The number of nitrogens with one attached hydrogen (secondary N) is 1. The SMILES string of the molecule is CN=C(NOC(=O)CCCCCN)[C@@H]1c2c(cnn2C)[C@@H]2CN1C(=O)N2C. The summed E-state index contributed by atoms with van der Waals surface area (Å²) in [4.78, 5) is 37.5. The third-order valence-electron chi connectivity index (χ3n) is 5.18. The van der Waals surface area contributed by atoms with E-state index >= 15 is 0 Å². The summed E-state index contributed by atoms with van der Waals surface area (Å²) in [7, 11) is 5.21. The van der Waals surface area contributed by atoms with E-state index in [1.54, 1.807) is 34.8 Å². The minimum atomic E-state index is -0.476. The molecule has 1 aromatic rings.